The van der Waals surface area contributed by atoms with Crippen LogP contribution in [0.2, 0.25) is 0 Å². The van der Waals surface area contributed by atoms with Crippen molar-refractivity contribution in [2.45, 2.75) is 51.5 Å². The van der Waals surface area contributed by atoms with E-state index in [2.05, 4.69) is 20.3 Å². The molecule has 2 N–H and O–H groups in total. The Labute approximate surface area is 81.1 Å². The van der Waals surface area contributed by atoms with Crippen LogP contribution in [0.3, 0.4) is 0 Å². The van der Waals surface area contributed by atoms with Gasteiger partial charge in [-0.05, 0) is 55.3 Å². The fourth-order valence-electron chi connectivity index (χ4n) is 5.14. The largest absolute Gasteiger partial charge is 0.325 e. The van der Waals surface area contributed by atoms with Crippen LogP contribution in [0.25, 0.3) is 0 Å². The first kappa shape index (κ1) is 8.28. The minimum atomic E-state index is 0.100. The third-order valence-corrected chi connectivity index (χ3v) is 4.43. The SMILES string of the molecule is CC12[CH]C3(N)CC(C1)CC(C)(C2)C3. The Balaban J connectivity index is 2.03. The Bertz CT molecular complexity index is 207. The molecule has 1 radical (unpaired) electrons. The molecular weight excluding hydrogens is 158 g/mol. The minimum absolute atomic E-state index is 0.100. The van der Waals surface area contributed by atoms with Crippen molar-refractivity contribution in [2.75, 3.05) is 0 Å². The molecule has 0 aromatic heterocycles. The number of hydrogen-bond donors (Lipinski definition) is 1. The van der Waals surface area contributed by atoms with Crippen molar-refractivity contribution >= 4 is 0 Å². The summed E-state index contributed by atoms with van der Waals surface area (Å²) in [4.78, 5) is 0. The average Bonchev–Trinajstić information content (AvgIpc) is 1.71. The molecule has 4 bridgehead atoms. The first-order chi connectivity index (χ1) is 5.91. The highest BCUT2D eigenvalue weighted by molar-refractivity contribution is 5.22. The summed E-state index contributed by atoms with van der Waals surface area (Å²) < 4.78 is 0. The summed E-state index contributed by atoms with van der Waals surface area (Å²) in [6.45, 7) is 4.86. The van der Waals surface area contributed by atoms with E-state index in [0.717, 1.165) is 5.92 Å². The summed E-state index contributed by atoms with van der Waals surface area (Å²) in [5, 5.41) is 0. The van der Waals surface area contributed by atoms with E-state index in [4.69, 9.17) is 5.73 Å². The predicted molar refractivity (Wildman–Crippen MR) is 54.0 cm³/mol. The van der Waals surface area contributed by atoms with E-state index in [0.29, 0.717) is 10.8 Å². The molecule has 4 aliphatic rings. The Kier molecular flexibility index (Phi) is 1.26. The zero-order valence-electron chi connectivity index (χ0n) is 8.77. The van der Waals surface area contributed by atoms with Crippen LogP contribution in [0.15, 0.2) is 0 Å². The summed E-state index contributed by atoms with van der Waals surface area (Å²) in [5.41, 5.74) is 7.58. The zero-order chi connectivity index (χ0) is 9.32. The molecule has 0 saturated heterocycles. The summed E-state index contributed by atoms with van der Waals surface area (Å²) in [6.07, 6.45) is 9.22. The highest BCUT2D eigenvalue weighted by Crippen LogP contribution is 2.64. The highest BCUT2D eigenvalue weighted by Gasteiger charge is 2.58. The quantitative estimate of drug-likeness (QED) is 0.606. The molecule has 4 saturated carbocycles. The first-order valence-electron chi connectivity index (χ1n) is 5.57. The zero-order valence-corrected chi connectivity index (χ0v) is 8.77. The van der Waals surface area contributed by atoms with Gasteiger partial charge in [-0.15, -0.1) is 0 Å². The van der Waals surface area contributed by atoms with E-state index in [-0.39, 0.29) is 5.54 Å². The van der Waals surface area contributed by atoms with Crippen molar-refractivity contribution in [3.05, 3.63) is 6.42 Å². The predicted octanol–water partition coefficient (Wildman–Crippen LogP) is 2.51. The van der Waals surface area contributed by atoms with Crippen molar-refractivity contribution in [1.82, 2.24) is 0 Å². The molecule has 1 nitrogen and oxygen atoms in total. The normalized spacial score (nSPS) is 64.4. The molecule has 4 fully saturated rings. The fourth-order valence-corrected chi connectivity index (χ4v) is 5.14. The standard InChI is InChI=1S/C12H20N/c1-10-3-9-4-11(2,6-10)8-12(13,5-9)7-10/h7,9H,3-6,8,13H2,1-2H3. The van der Waals surface area contributed by atoms with Crippen LogP contribution in [0.5, 0.6) is 0 Å². The molecule has 4 unspecified atom stereocenters. The summed E-state index contributed by atoms with van der Waals surface area (Å²) in [7, 11) is 0. The maximum atomic E-state index is 6.44. The fraction of sp³-hybridized carbons (Fsp3) is 0.917. The van der Waals surface area contributed by atoms with E-state index < -0.39 is 0 Å². The van der Waals surface area contributed by atoms with Gasteiger partial charge in [-0.1, -0.05) is 13.8 Å². The molecule has 1 heteroatoms. The first-order valence-corrected chi connectivity index (χ1v) is 5.57. The lowest BCUT2D eigenvalue weighted by molar-refractivity contribution is -0.0628. The van der Waals surface area contributed by atoms with Crippen LogP contribution in [0.1, 0.15) is 46.0 Å². The third kappa shape index (κ3) is 1.09. The van der Waals surface area contributed by atoms with Crippen LogP contribution in [-0.2, 0) is 0 Å². The monoisotopic (exact) mass is 178 g/mol. The maximum Gasteiger partial charge on any atom is 0.0199 e. The van der Waals surface area contributed by atoms with Gasteiger partial charge in [0.15, 0.2) is 0 Å². The molecule has 0 aromatic rings. The van der Waals surface area contributed by atoms with Crippen LogP contribution in [-0.4, -0.2) is 5.54 Å². The molecule has 0 spiro atoms. The molecule has 4 aliphatic carbocycles. The van der Waals surface area contributed by atoms with E-state index in [1.165, 1.54) is 32.1 Å². The summed E-state index contributed by atoms with van der Waals surface area (Å²) >= 11 is 0. The van der Waals surface area contributed by atoms with E-state index in [1.807, 2.05) is 0 Å². The van der Waals surface area contributed by atoms with Crippen molar-refractivity contribution in [2.24, 2.45) is 22.5 Å². The molecule has 73 valence electrons. The molecule has 0 heterocycles. The van der Waals surface area contributed by atoms with Crippen molar-refractivity contribution in [1.29, 1.82) is 0 Å². The van der Waals surface area contributed by atoms with Gasteiger partial charge in [0, 0.05) is 5.54 Å². The molecule has 0 aliphatic heterocycles. The van der Waals surface area contributed by atoms with Gasteiger partial charge in [-0.25, -0.2) is 0 Å². The maximum absolute atomic E-state index is 6.44. The third-order valence-electron chi connectivity index (χ3n) is 4.43. The van der Waals surface area contributed by atoms with E-state index in [1.54, 1.807) is 0 Å². The van der Waals surface area contributed by atoms with Gasteiger partial charge in [-0.2, -0.15) is 0 Å². The van der Waals surface area contributed by atoms with Gasteiger partial charge >= 0.3 is 0 Å². The average molecular weight is 178 g/mol. The second-order valence-electron chi connectivity index (χ2n) is 6.67. The van der Waals surface area contributed by atoms with Gasteiger partial charge < -0.3 is 5.73 Å². The van der Waals surface area contributed by atoms with Crippen LogP contribution in [0.4, 0.5) is 0 Å². The van der Waals surface area contributed by atoms with Crippen molar-refractivity contribution in [3.63, 3.8) is 0 Å². The Morgan fingerprint density at radius 1 is 1.15 bits per heavy atom. The number of rotatable bonds is 0. The Morgan fingerprint density at radius 3 is 2.46 bits per heavy atom. The topological polar surface area (TPSA) is 26.0 Å². The van der Waals surface area contributed by atoms with Gasteiger partial charge in [0.2, 0.25) is 0 Å². The smallest absolute Gasteiger partial charge is 0.0199 e. The highest BCUT2D eigenvalue weighted by atomic mass is 14.8. The summed E-state index contributed by atoms with van der Waals surface area (Å²) in [5.74, 6) is 0.924. The van der Waals surface area contributed by atoms with Crippen LogP contribution in [0, 0.1) is 23.2 Å². The molecule has 4 rings (SSSR count). The lowest BCUT2D eigenvalue weighted by Crippen LogP contribution is -2.62. The Hall–Kier alpha value is -0.0400. The van der Waals surface area contributed by atoms with E-state index in [9.17, 15) is 0 Å². The second-order valence-corrected chi connectivity index (χ2v) is 6.67. The van der Waals surface area contributed by atoms with E-state index >= 15 is 0 Å². The lowest BCUT2D eigenvalue weighted by Gasteiger charge is -2.64. The Morgan fingerprint density at radius 2 is 1.92 bits per heavy atom. The lowest BCUT2D eigenvalue weighted by atomic mass is 9.43. The van der Waals surface area contributed by atoms with Gasteiger partial charge in [0.1, 0.15) is 0 Å². The molecule has 13 heavy (non-hydrogen) atoms. The van der Waals surface area contributed by atoms with Crippen molar-refractivity contribution in [3.8, 4) is 0 Å². The van der Waals surface area contributed by atoms with Crippen molar-refractivity contribution < 1.29 is 0 Å². The molecular formula is C12H20N. The minimum Gasteiger partial charge on any atom is -0.325 e. The van der Waals surface area contributed by atoms with Gasteiger partial charge in [-0.3, -0.25) is 0 Å². The van der Waals surface area contributed by atoms with Gasteiger partial charge in [0.05, 0.1) is 0 Å². The number of nitrogens with two attached hydrogens (primary N) is 1. The molecule has 0 aromatic carbocycles. The van der Waals surface area contributed by atoms with Crippen LogP contribution >= 0.6 is 0 Å². The molecule has 0 amide bonds. The molecule has 4 atom stereocenters. The van der Waals surface area contributed by atoms with Gasteiger partial charge in [0.25, 0.3) is 0 Å². The van der Waals surface area contributed by atoms with Crippen LogP contribution < -0.4 is 5.73 Å². The second kappa shape index (κ2) is 1.98. The summed E-state index contributed by atoms with van der Waals surface area (Å²) in [6, 6.07) is 0. The number of hydrogen-bond acceptors (Lipinski definition) is 1.